The van der Waals surface area contributed by atoms with Crippen molar-refractivity contribution in [1.82, 2.24) is 5.32 Å². The molecule has 2 nitrogen and oxygen atoms in total. The first-order valence-electron chi connectivity index (χ1n) is 7.45. The molecule has 0 radical (unpaired) electrons. The van der Waals surface area contributed by atoms with E-state index in [0.717, 1.165) is 12.8 Å². The summed E-state index contributed by atoms with van der Waals surface area (Å²) in [4.78, 5) is 0. The Labute approximate surface area is 106 Å². The average molecular weight is 234 g/mol. The van der Waals surface area contributed by atoms with Crippen LogP contribution in [0.1, 0.15) is 71.1 Å². The molecule has 2 aliphatic carbocycles. The van der Waals surface area contributed by atoms with Gasteiger partial charge in [-0.1, -0.05) is 26.2 Å². The molecule has 1 N–H and O–H groups in total. The molecule has 2 fully saturated rings. The number of nitriles is 1. The summed E-state index contributed by atoms with van der Waals surface area (Å²) >= 11 is 0. The maximum absolute atomic E-state index is 8.93. The molecule has 0 atom stereocenters. The third-order valence-corrected chi connectivity index (χ3v) is 4.91. The van der Waals surface area contributed by atoms with Crippen LogP contribution in [0.15, 0.2) is 0 Å². The number of hydrogen-bond acceptors (Lipinski definition) is 2. The predicted molar refractivity (Wildman–Crippen MR) is 70.6 cm³/mol. The first-order valence-corrected chi connectivity index (χ1v) is 7.45. The molecule has 2 heteroatoms. The van der Waals surface area contributed by atoms with Crippen LogP contribution in [0.3, 0.4) is 0 Å². The van der Waals surface area contributed by atoms with Gasteiger partial charge in [0.05, 0.1) is 6.07 Å². The molecule has 2 saturated carbocycles. The van der Waals surface area contributed by atoms with Crippen LogP contribution in [0, 0.1) is 17.2 Å². The summed E-state index contributed by atoms with van der Waals surface area (Å²) in [6, 6.07) is 3.10. The zero-order chi connectivity index (χ0) is 12.1. The van der Waals surface area contributed by atoms with Crippen LogP contribution in [-0.2, 0) is 0 Å². The second-order valence-corrected chi connectivity index (χ2v) is 6.02. The Bertz CT molecular complexity index is 265. The van der Waals surface area contributed by atoms with E-state index in [2.05, 4.69) is 18.3 Å². The minimum absolute atomic E-state index is 0.331. The SMILES string of the molecule is CCC1(NC2CCC(C#N)CC2)CCCCC1. The highest BCUT2D eigenvalue weighted by molar-refractivity contribution is 4.95. The first-order chi connectivity index (χ1) is 8.28. The lowest BCUT2D eigenvalue weighted by Gasteiger charge is -2.42. The van der Waals surface area contributed by atoms with E-state index in [1.54, 1.807) is 0 Å². The van der Waals surface area contributed by atoms with Crippen LogP contribution < -0.4 is 5.32 Å². The van der Waals surface area contributed by atoms with Gasteiger partial charge < -0.3 is 5.32 Å². The highest BCUT2D eigenvalue weighted by atomic mass is 15.0. The molecule has 96 valence electrons. The summed E-state index contributed by atoms with van der Waals surface area (Å²) in [6.45, 7) is 2.33. The molecule has 0 spiro atoms. The molecule has 2 aliphatic rings. The molecule has 0 unspecified atom stereocenters. The van der Waals surface area contributed by atoms with Crippen molar-refractivity contribution in [3.63, 3.8) is 0 Å². The van der Waals surface area contributed by atoms with Gasteiger partial charge in [-0.15, -0.1) is 0 Å². The van der Waals surface area contributed by atoms with Gasteiger partial charge in [0.2, 0.25) is 0 Å². The summed E-state index contributed by atoms with van der Waals surface area (Å²) in [5.41, 5.74) is 0.433. The Balaban J connectivity index is 1.85. The van der Waals surface area contributed by atoms with Crippen molar-refractivity contribution in [2.75, 3.05) is 0 Å². The predicted octanol–water partition coefficient (Wildman–Crippen LogP) is 3.77. The van der Waals surface area contributed by atoms with Gasteiger partial charge in [-0.2, -0.15) is 5.26 Å². The van der Waals surface area contributed by atoms with Gasteiger partial charge in [-0.25, -0.2) is 0 Å². The van der Waals surface area contributed by atoms with Crippen LogP contribution in [0.4, 0.5) is 0 Å². The molecule has 0 saturated heterocycles. The lowest BCUT2D eigenvalue weighted by Crippen LogP contribution is -2.52. The molecule has 17 heavy (non-hydrogen) atoms. The molecule has 0 aromatic heterocycles. The Kier molecular flexibility index (Phi) is 4.45. The second-order valence-electron chi connectivity index (χ2n) is 6.02. The van der Waals surface area contributed by atoms with Crippen LogP contribution in [0.25, 0.3) is 0 Å². The fourth-order valence-electron chi connectivity index (χ4n) is 3.63. The highest BCUT2D eigenvalue weighted by Crippen LogP contribution is 2.33. The van der Waals surface area contributed by atoms with Crippen LogP contribution >= 0.6 is 0 Å². The monoisotopic (exact) mass is 234 g/mol. The van der Waals surface area contributed by atoms with Crippen molar-refractivity contribution in [1.29, 1.82) is 5.26 Å². The third-order valence-electron chi connectivity index (χ3n) is 4.91. The van der Waals surface area contributed by atoms with Crippen molar-refractivity contribution in [3.05, 3.63) is 0 Å². The largest absolute Gasteiger partial charge is 0.309 e. The maximum Gasteiger partial charge on any atom is 0.0655 e. The van der Waals surface area contributed by atoms with Gasteiger partial charge in [0.25, 0.3) is 0 Å². The van der Waals surface area contributed by atoms with E-state index >= 15 is 0 Å². The smallest absolute Gasteiger partial charge is 0.0655 e. The quantitative estimate of drug-likeness (QED) is 0.807. The van der Waals surface area contributed by atoms with Crippen LogP contribution in [0.5, 0.6) is 0 Å². The first kappa shape index (κ1) is 12.9. The van der Waals surface area contributed by atoms with E-state index in [0.29, 0.717) is 17.5 Å². The zero-order valence-electron chi connectivity index (χ0n) is 11.2. The van der Waals surface area contributed by atoms with Crippen molar-refractivity contribution in [3.8, 4) is 6.07 Å². The van der Waals surface area contributed by atoms with Gasteiger partial charge in [0.1, 0.15) is 0 Å². The van der Waals surface area contributed by atoms with E-state index in [-0.39, 0.29) is 0 Å². The highest BCUT2D eigenvalue weighted by Gasteiger charge is 2.33. The topological polar surface area (TPSA) is 35.8 Å². The zero-order valence-corrected chi connectivity index (χ0v) is 11.2. The van der Waals surface area contributed by atoms with Crippen LogP contribution in [-0.4, -0.2) is 11.6 Å². The number of nitrogens with one attached hydrogen (secondary N) is 1. The molecule has 0 aromatic carbocycles. The molecule has 0 aromatic rings. The molecular weight excluding hydrogens is 208 g/mol. The van der Waals surface area contributed by atoms with Gasteiger partial charge in [0.15, 0.2) is 0 Å². The maximum atomic E-state index is 8.93. The van der Waals surface area contributed by atoms with Gasteiger partial charge in [-0.3, -0.25) is 0 Å². The number of hydrogen-bond donors (Lipinski definition) is 1. The van der Waals surface area contributed by atoms with E-state index < -0.39 is 0 Å². The Hall–Kier alpha value is -0.550. The number of nitrogens with zero attached hydrogens (tertiary/aromatic N) is 1. The van der Waals surface area contributed by atoms with E-state index in [1.807, 2.05) is 0 Å². The second kappa shape index (κ2) is 5.87. The van der Waals surface area contributed by atoms with E-state index in [4.69, 9.17) is 5.26 Å². The third kappa shape index (κ3) is 3.22. The average Bonchev–Trinajstić information content (AvgIpc) is 2.41. The summed E-state index contributed by atoms with van der Waals surface area (Å²) < 4.78 is 0. The molecule has 0 aliphatic heterocycles. The van der Waals surface area contributed by atoms with Crippen molar-refractivity contribution >= 4 is 0 Å². The Morgan fingerprint density at radius 3 is 2.29 bits per heavy atom. The van der Waals surface area contributed by atoms with Gasteiger partial charge in [0, 0.05) is 17.5 Å². The Morgan fingerprint density at radius 1 is 1.12 bits per heavy atom. The summed E-state index contributed by atoms with van der Waals surface area (Å²) in [5, 5.41) is 12.9. The van der Waals surface area contributed by atoms with Gasteiger partial charge >= 0.3 is 0 Å². The summed E-state index contributed by atoms with van der Waals surface area (Å²) in [5.74, 6) is 0.331. The minimum atomic E-state index is 0.331. The summed E-state index contributed by atoms with van der Waals surface area (Å²) in [7, 11) is 0. The normalized spacial score (nSPS) is 32.9. The number of rotatable bonds is 3. The summed E-state index contributed by atoms with van der Waals surface area (Å²) in [6.07, 6.45) is 12.8. The molecule has 0 heterocycles. The molecule has 0 amide bonds. The van der Waals surface area contributed by atoms with Crippen molar-refractivity contribution in [2.24, 2.45) is 5.92 Å². The van der Waals surface area contributed by atoms with Gasteiger partial charge in [-0.05, 0) is 44.9 Å². The lowest BCUT2D eigenvalue weighted by atomic mass is 9.77. The van der Waals surface area contributed by atoms with Crippen molar-refractivity contribution < 1.29 is 0 Å². The standard InChI is InChI=1S/C15H26N2/c1-2-15(10-4-3-5-11-15)17-14-8-6-13(12-16)7-9-14/h13-14,17H,2-11H2,1H3. The van der Waals surface area contributed by atoms with Crippen molar-refractivity contribution in [2.45, 2.75) is 82.7 Å². The van der Waals surface area contributed by atoms with E-state index in [1.165, 1.54) is 51.4 Å². The lowest BCUT2D eigenvalue weighted by molar-refractivity contribution is 0.175. The fourth-order valence-corrected chi connectivity index (χ4v) is 3.63. The minimum Gasteiger partial charge on any atom is -0.309 e. The van der Waals surface area contributed by atoms with Crippen LogP contribution in [0.2, 0.25) is 0 Å². The Morgan fingerprint density at radius 2 is 1.76 bits per heavy atom. The fraction of sp³-hybridized carbons (Fsp3) is 0.933. The molecule has 0 bridgehead atoms. The molecule has 2 rings (SSSR count). The van der Waals surface area contributed by atoms with E-state index in [9.17, 15) is 0 Å². The molecular formula is C15H26N2.